The van der Waals surface area contributed by atoms with E-state index >= 15 is 0 Å². The fourth-order valence-electron chi connectivity index (χ4n) is 2.78. The second kappa shape index (κ2) is 7.07. The third-order valence-corrected chi connectivity index (χ3v) is 4.58. The number of carbonyl (C=O) groups excluding carboxylic acids is 1. The van der Waals surface area contributed by atoms with Gasteiger partial charge in [0.1, 0.15) is 0 Å². The summed E-state index contributed by atoms with van der Waals surface area (Å²) >= 11 is 3.45. The normalized spacial score (nSPS) is 18.6. The van der Waals surface area contributed by atoms with Crippen LogP contribution >= 0.6 is 15.9 Å². The molecule has 0 aromatic heterocycles. The van der Waals surface area contributed by atoms with Crippen LogP contribution in [0.5, 0.6) is 0 Å². The minimum Gasteiger partial charge on any atom is -0.481 e. The first-order chi connectivity index (χ1) is 9.97. The van der Waals surface area contributed by atoms with Crippen molar-refractivity contribution in [2.75, 3.05) is 13.1 Å². The minimum atomic E-state index is -0.764. The van der Waals surface area contributed by atoms with Crippen LogP contribution in [0.15, 0.2) is 22.7 Å². The zero-order valence-corrected chi connectivity index (χ0v) is 13.7. The van der Waals surface area contributed by atoms with Gasteiger partial charge in [0, 0.05) is 24.0 Å². The summed E-state index contributed by atoms with van der Waals surface area (Å²) in [5.74, 6) is -0.440. The second-order valence-corrected chi connectivity index (χ2v) is 6.53. The van der Waals surface area contributed by atoms with E-state index in [1.54, 1.807) is 0 Å². The molecule has 1 aromatic rings. The number of hydrogen-bond acceptors (Lipinski definition) is 2. The van der Waals surface area contributed by atoms with Crippen molar-refractivity contribution in [2.45, 2.75) is 32.6 Å². The van der Waals surface area contributed by atoms with E-state index in [9.17, 15) is 9.59 Å². The van der Waals surface area contributed by atoms with E-state index in [-0.39, 0.29) is 12.3 Å². The molecule has 1 aliphatic heterocycles. The van der Waals surface area contributed by atoms with Gasteiger partial charge in [0.15, 0.2) is 0 Å². The molecule has 1 saturated heterocycles. The Morgan fingerprint density at radius 1 is 1.43 bits per heavy atom. The molecule has 1 fully saturated rings. The lowest BCUT2D eigenvalue weighted by Gasteiger charge is -2.33. The number of aliphatic carboxylic acids is 1. The SMILES string of the molecule is Cc1ccc(C(=O)N2CCCC(CCC(=O)O)C2)c(Br)c1. The number of hydrogen-bond donors (Lipinski definition) is 1. The summed E-state index contributed by atoms with van der Waals surface area (Å²) in [6.45, 7) is 3.40. The van der Waals surface area contributed by atoms with Crippen LogP contribution < -0.4 is 0 Å². The number of benzene rings is 1. The van der Waals surface area contributed by atoms with Gasteiger partial charge in [-0.1, -0.05) is 6.07 Å². The highest BCUT2D eigenvalue weighted by Gasteiger charge is 2.25. The smallest absolute Gasteiger partial charge is 0.303 e. The third-order valence-electron chi connectivity index (χ3n) is 3.93. The van der Waals surface area contributed by atoms with Crippen molar-refractivity contribution in [3.05, 3.63) is 33.8 Å². The molecule has 114 valence electrons. The molecular formula is C16H20BrNO3. The van der Waals surface area contributed by atoms with Crippen molar-refractivity contribution in [2.24, 2.45) is 5.92 Å². The number of likely N-dealkylation sites (tertiary alicyclic amines) is 1. The molecule has 0 saturated carbocycles. The number of carboxylic acids is 1. The van der Waals surface area contributed by atoms with Gasteiger partial charge in [-0.2, -0.15) is 0 Å². The molecular weight excluding hydrogens is 334 g/mol. The zero-order chi connectivity index (χ0) is 15.4. The van der Waals surface area contributed by atoms with Gasteiger partial charge in [0.2, 0.25) is 0 Å². The van der Waals surface area contributed by atoms with Gasteiger partial charge in [0.25, 0.3) is 5.91 Å². The number of piperidine rings is 1. The molecule has 0 bridgehead atoms. The lowest BCUT2D eigenvalue weighted by Crippen LogP contribution is -2.40. The van der Waals surface area contributed by atoms with Gasteiger partial charge in [-0.25, -0.2) is 0 Å². The Bertz CT molecular complexity index is 544. The fourth-order valence-corrected chi connectivity index (χ4v) is 3.44. The molecule has 21 heavy (non-hydrogen) atoms. The van der Waals surface area contributed by atoms with Crippen LogP contribution in [-0.4, -0.2) is 35.0 Å². The first-order valence-corrected chi connectivity index (χ1v) is 8.04. The highest BCUT2D eigenvalue weighted by molar-refractivity contribution is 9.10. The third kappa shape index (κ3) is 4.30. The predicted octanol–water partition coefficient (Wildman–Crippen LogP) is 3.47. The second-order valence-electron chi connectivity index (χ2n) is 5.68. The Balaban J connectivity index is 2.03. The Morgan fingerprint density at radius 2 is 2.19 bits per heavy atom. The van der Waals surface area contributed by atoms with Crippen molar-refractivity contribution in [3.8, 4) is 0 Å². The van der Waals surface area contributed by atoms with Crippen LogP contribution in [0.4, 0.5) is 0 Å². The van der Waals surface area contributed by atoms with E-state index in [4.69, 9.17) is 5.11 Å². The van der Waals surface area contributed by atoms with Crippen molar-refractivity contribution in [1.82, 2.24) is 4.90 Å². The first-order valence-electron chi connectivity index (χ1n) is 7.24. The topological polar surface area (TPSA) is 57.6 Å². The van der Waals surface area contributed by atoms with E-state index in [2.05, 4.69) is 15.9 Å². The summed E-state index contributed by atoms with van der Waals surface area (Å²) in [5.41, 5.74) is 1.79. The van der Waals surface area contributed by atoms with Gasteiger partial charge < -0.3 is 10.0 Å². The number of rotatable bonds is 4. The molecule has 0 aliphatic carbocycles. The van der Waals surface area contributed by atoms with Crippen LogP contribution in [-0.2, 0) is 4.79 Å². The lowest BCUT2D eigenvalue weighted by atomic mass is 9.93. The molecule has 0 radical (unpaired) electrons. The summed E-state index contributed by atoms with van der Waals surface area (Å²) < 4.78 is 0.820. The molecule has 1 unspecified atom stereocenters. The monoisotopic (exact) mass is 353 g/mol. The molecule has 1 atom stereocenters. The maximum Gasteiger partial charge on any atom is 0.303 e. The average molecular weight is 354 g/mol. The van der Waals surface area contributed by atoms with Crippen molar-refractivity contribution in [1.29, 1.82) is 0 Å². The highest BCUT2D eigenvalue weighted by Crippen LogP contribution is 2.25. The van der Waals surface area contributed by atoms with E-state index in [0.717, 1.165) is 29.4 Å². The Labute approximate surface area is 133 Å². The van der Waals surface area contributed by atoms with Crippen molar-refractivity contribution in [3.63, 3.8) is 0 Å². The molecule has 1 amide bonds. The zero-order valence-electron chi connectivity index (χ0n) is 12.1. The Morgan fingerprint density at radius 3 is 2.86 bits per heavy atom. The first kappa shape index (κ1) is 16.0. The van der Waals surface area contributed by atoms with E-state index in [1.807, 2.05) is 30.0 Å². The van der Waals surface area contributed by atoms with Crippen LogP contribution in [0.3, 0.4) is 0 Å². The average Bonchev–Trinajstić information content (AvgIpc) is 2.45. The van der Waals surface area contributed by atoms with Gasteiger partial charge in [-0.3, -0.25) is 9.59 Å². The van der Waals surface area contributed by atoms with Crippen LogP contribution in [0.25, 0.3) is 0 Å². The summed E-state index contributed by atoms with van der Waals surface area (Å²) in [5, 5.41) is 8.77. The molecule has 5 heteroatoms. The molecule has 0 spiro atoms. The van der Waals surface area contributed by atoms with Gasteiger partial charge >= 0.3 is 5.97 Å². The predicted molar refractivity (Wildman–Crippen MR) is 84.4 cm³/mol. The summed E-state index contributed by atoms with van der Waals surface area (Å²) in [4.78, 5) is 25.1. The molecule has 1 heterocycles. The van der Waals surface area contributed by atoms with E-state index in [1.165, 1.54) is 0 Å². The number of amides is 1. The summed E-state index contributed by atoms with van der Waals surface area (Å²) in [6.07, 6.45) is 2.78. The number of nitrogens with zero attached hydrogens (tertiary/aromatic N) is 1. The maximum atomic E-state index is 12.6. The lowest BCUT2D eigenvalue weighted by molar-refractivity contribution is -0.137. The largest absolute Gasteiger partial charge is 0.481 e. The van der Waals surface area contributed by atoms with Gasteiger partial charge in [0.05, 0.1) is 5.56 Å². The Hall–Kier alpha value is -1.36. The van der Waals surface area contributed by atoms with Crippen LogP contribution in [0.2, 0.25) is 0 Å². The number of carboxylic acid groups (broad SMARTS) is 1. The highest BCUT2D eigenvalue weighted by atomic mass is 79.9. The van der Waals surface area contributed by atoms with Crippen LogP contribution in [0.1, 0.15) is 41.6 Å². The standard InChI is InChI=1S/C16H20BrNO3/c1-11-4-6-13(14(17)9-11)16(21)18-8-2-3-12(10-18)5-7-15(19)20/h4,6,9,12H,2-3,5,7-8,10H2,1H3,(H,19,20). The minimum absolute atomic E-state index is 0.0295. The summed E-state index contributed by atoms with van der Waals surface area (Å²) in [7, 11) is 0. The van der Waals surface area contributed by atoms with E-state index in [0.29, 0.717) is 24.4 Å². The van der Waals surface area contributed by atoms with Crippen LogP contribution in [0, 0.1) is 12.8 Å². The quantitative estimate of drug-likeness (QED) is 0.901. The Kier molecular flexibility index (Phi) is 5.39. The van der Waals surface area contributed by atoms with Crippen molar-refractivity contribution < 1.29 is 14.7 Å². The van der Waals surface area contributed by atoms with Crippen molar-refractivity contribution >= 4 is 27.8 Å². The van der Waals surface area contributed by atoms with E-state index < -0.39 is 5.97 Å². The maximum absolute atomic E-state index is 12.6. The molecule has 2 rings (SSSR count). The number of aryl methyl sites for hydroxylation is 1. The van der Waals surface area contributed by atoms with Gasteiger partial charge in [-0.15, -0.1) is 0 Å². The number of carbonyl (C=O) groups is 2. The molecule has 1 aliphatic rings. The van der Waals surface area contributed by atoms with Gasteiger partial charge in [-0.05, 0) is 65.7 Å². The molecule has 1 N–H and O–H groups in total. The molecule has 1 aromatic carbocycles. The summed E-state index contributed by atoms with van der Waals surface area (Å²) in [6, 6.07) is 5.73. The number of halogens is 1. The fraction of sp³-hybridized carbons (Fsp3) is 0.500. The molecule has 4 nitrogen and oxygen atoms in total.